The molecule has 7 nitrogen and oxygen atoms in total. The average Bonchev–Trinajstić information content (AvgIpc) is 3.42. The molecule has 4 aromatic rings. The number of anilines is 1. The third-order valence-corrected chi connectivity index (χ3v) is 7.50. The van der Waals surface area contributed by atoms with Crippen LogP contribution in [0.5, 0.6) is 23.1 Å². The number of aromatic nitrogens is 3. The minimum absolute atomic E-state index is 0. The second kappa shape index (κ2) is 12.1. The van der Waals surface area contributed by atoms with Crippen molar-refractivity contribution in [2.24, 2.45) is 0 Å². The van der Waals surface area contributed by atoms with Gasteiger partial charge in [0.1, 0.15) is 0 Å². The molecular weight excluding hydrogens is 705 g/mol. The minimum atomic E-state index is -0.0392. The molecule has 0 N–H and O–H groups in total. The number of benzene rings is 1. The zero-order valence-electron chi connectivity index (χ0n) is 26.1. The number of nitrogens with zero attached hydrogens (tertiary/aromatic N) is 5. The Morgan fingerprint density at radius 1 is 0.929 bits per heavy atom. The predicted octanol–water partition coefficient (Wildman–Crippen LogP) is 8.58. The molecule has 3 aromatic heterocycles. The average molecular weight is 746 g/mol. The number of rotatable bonds is 7. The number of pyridine rings is 2. The van der Waals surface area contributed by atoms with E-state index in [2.05, 4.69) is 100 Å². The van der Waals surface area contributed by atoms with Crippen LogP contribution >= 0.6 is 0 Å². The monoisotopic (exact) mass is 745 g/mol. The standard InChI is InChI=1S/C34H40N5O2.Pt/c1-21(2)31-32(22(3)4)38-19-28(40-27-13-11-12-26(17-27)39-20-37(10)23(5)24(39)6)18-29(33(38)36-31)41-30-16-25(14-15-35-30)34(7,8)9;/h11-16,19-22H,1-10H3;/q-3;. The Kier molecular flexibility index (Phi) is 9.13. The van der Waals surface area contributed by atoms with Gasteiger partial charge in [-0.2, -0.15) is 12.7 Å². The van der Waals surface area contributed by atoms with Crippen molar-refractivity contribution in [3.8, 4) is 23.1 Å². The molecule has 42 heavy (non-hydrogen) atoms. The molecule has 5 rings (SSSR count). The van der Waals surface area contributed by atoms with Crippen LogP contribution in [0, 0.1) is 18.8 Å². The first-order valence-electron chi connectivity index (χ1n) is 14.2. The second-order valence-electron chi connectivity index (χ2n) is 12.3. The fourth-order valence-electron chi connectivity index (χ4n) is 5.00. The van der Waals surface area contributed by atoms with Crippen molar-refractivity contribution < 1.29 is 30.5 Å². The Labute approximate surface area is 264 Å². The maximum Gasteiger partial charge on any atom is 0.216 e. The van der Waals surface area contributed by atoms with Crippen LogP contribution in [0.1, 0.15) is 91.1 Å². The topological polar surface area (TPSA) is 55.1 Å². The molecule has 1 aliphatic heterocycles. The maximum absolute atomic E-state index is 6.41. The Morgan fingerprint density at radius 3 is 2.29 bits per heavy atom. The van der Waals surface area contributed by atoms with Crippen LogP contribution in [-0.4, -0.2) is 26.3 Å². The summed E-state index contributed by atoms with van der Waals surface area (Å²) in [4.78, 5) is 13.7. The molecule has 0 bridgehead atoms. The third kappa shape index (κ3) is 6.22. The van der Waals surface area contributed by atoms with E-state index in [0.717, 1.165) is 28.3 Å². The van der Waals surface area contributed by atoms with Gasteiger partial charge in [-0.3, -0.25) is 4.98 Å². The van der Waals surface area contributed by atoms with Gasteiger partial charge in [0.25, 0.3) is 0 Å². The van der Waals surface area contributed by atoms with Gasteiger partial charge in [0.05, 0.1) is 11.4 Å². The van der Waals surface area contributed by atoms with Crippen LogP contribution in [0.4, 0.5) is 5.69 Å². The first-order valence-corrected chi connectivity index (χ1v) is 14.2. The van der Waals surface area contributed by atoms with Crippen molar-refractivity contribution in [1.82, 2.24) is 19.3 Å². The summed E-state index contributed by atoms with van der Waals surface area (Å²) in [7, 11) is 2.04. The van der Waals surface area contributed by atoms with Gasteiger partial charge >= 0.3 is 0 Å². The molecule has 4 heterocycles. The van der Waals surface area contributed by atoms with Crippen LogP contribution in [0.2, 0.25) is 0 Å². The molecule has 0 amide bonds. The zero-order chi connectivity index (χ0) is 29.6. The van der Waals surface area contributed by atoms with Gasteiger partial charge in [0.15, 0.2) is 0 Å². The van der Waals surface area contributed by atoms with E-state index in [1.165, 1.54) is 5.70 Å². The molecule has 0 unspecified atom stereocenters. The van der Waals surface area contributed by atoms with Gasteiger partial charge in [-0.25, -0.2) is 4.98 Å². The molecular formula is C34H40N5O2Pt-3. The fraction of sp³-hybridized carbons (Fsp3) is 0.382. The normalized spacial score (nSPS) is 13.9. The summed E-state index contributed by atoms with van der Waals surface area (Å²) in [6.45, 7) is 21.5. The molecule has 226 valence electrons. The number of allylic oxidation sites excluding steroid dienone is 2. The van der Waals surface area contributed by atoms with Gasteiger partial charge < -0.3 is 23.7 Å². The maximum atomic E-state index is 6.41. The quantitative estimate of drug-likeness (QED) is 0.177. The SMILES string of the molecule is CC1=C(C)N(c2[c-]c(Oc3[c-]c(Oc4cc(C(C)(C)C)ccn4)c4nc(C(C)C)c(C(C)C)n4c3)ccc2)[CH-]N1C.[Pt]. The summed E-state index contributed by atoms with van der Waals surface area (Å²) < 4.78 is 14.9. The molecule has 0 fully saturated rings. The molecule has 0 atom stereocenters. The van der Waals surface area contributed by atoms with Crippen LogP contribution in [0.15, 0.2) is 54.1 Å². The third-order valence-electron chi connectivity index (χ3n) is 7.50. The fourth-order valence-corrected chi connectivity index (χ4v) is 5.00. The van der Waals surface area contributed by atoms with E-state index in [1.807, 2.05) is 43.6 Å². The minimum Gasteiger partial charge on any atom is -0.508 e. The molecule has 0 radical (unpaired) electrons. The van der Waals surface area contributed by atoms with Crippen molar-refractivity contribution in [1.29, 1.82) is 0 Å². The van der Waals surface area contributed by atoms with E-state index < -0.39 is 0 Å². The van der Waals surface area contributed by atoms with Crippen LogP contribution < -0.4 is 14.4 Å². The summed E-state index contributed by atoms with van der Waals surface area (Å²) in [5.74, 6) is 2.53. The van der Waals surface area contributed by atoms with Crippen molar-refractivity contribution in [2.45, 2.75) is 79.6 Å². The van der Waals surface area contributed by atoms with E-state index in [0.29, 0.717) is 28.8 Å². The van der Waals surface area contributed by atoms with Crippen LogP contribution in [-0.2, 0) is 26.5 Å². The number of hydrogen-bond donors (Lipinski definition) is 0. The van der Waals surface area contributed by atoms with Gasteiger partial charge in [0, 0.05) is 61.9 Å². The molecule has 0 saturated carbocycles. The Bertz CT molecular complexity index is 1620. The van der Waals surface area contributed by atoms with E-state index in [4.69, 9.17) is 14.5 Å². The number of hydrogen-bond acceptors (Lipinski definition) is 6. The summed E-state index contributed by atoms with van der Waals surface area (Å²) in [5, 5.41) is 0. The first kappa shape index (κ1) is 31.6. The summed E-state index contributed by atoms with van der Waals surface area (Å²) >= 11 is 0. The summed E-state index contributed by atoms with van der Waals surface area (Å²) in [6, 6.07) is 16.7. The summed E-state index contributed by atoms with van der Waals surface area (Å²) in [5.41, 5.74) is 7.18. The van der Waals surface area contributed by atoms with E-state index in [1.54, 1.807) is 6.20 Å². The van der Waals surface area contributed by atoms with Gasteiger partial charge in [-0.15, -0.1) is 23.9 Å². The van der Waals surface area contributed by atoms with Crippen LogP contribution in [0.25, 0.3) is 5.65 Å². The van der Waals surface area contributed by atoms with Gasteiger partial charge in [0.2, 0.25) is 5.88 Å². The van der Waals surface area contributed by atoms with Crippen molar-refractivity contribution in [2.75, 3.05) is 11.9 Å². The van der Waals surface area contributed by atoms with E-state index in [9.17, 15) is 0 Å². The molecule has 1 aromatic carbocycles. The van der Waals surface area contributed by atoms with Crippen molar-refractivity contribution >= 4 is 11.3 Å². The molecule has 0 spiro atoms. The molecule has 0 saturated heterocycles. The molecule has 0 aliphatic carbocycles. The molecule has 1 aliphatic rings. The van der Waals surface area contributed by atoms with Crippen LogP contribution in [0.3, 0.4) is 0 Å². The van der Waals surface area contributed by atoms with Gasteiger partial charge in [-0.1, -0.05) is 60.7 Å². The molecule has 8 heteroatoms. The largest absolute Gasteiger partial charge is 0.508 e. The Hall–Kier alpha value is -3.31. The second-order valence-corrected chi connectivity index (χ2v) is 12.3. The van der Waals surface area contributed by atoms with Crippen molar-refractivity contribution in [3.05, 3.63) is 89.9 Å². The first-order chi connectivity index (χ1) is 19.3. The van der Waals surface area contributed by atoms with Gasteiger partial charge in [-0.05, 0) is 55.5 Å². The Balaban J connectivity index is 0.00000405. The number of imidazole rings is 1. The summed E-state index contributed by atoms with van der Waals surface area (Å²) in [6.07, 6.45) is 3.73. The van der Waals surface area contributed by atoms with E-state index >= 15 is 0 Å². The predicted molar refractivity (Wildman–Crippen MR) is 163 cm³/mol. The zero-order valence-corrected chi connectivity index (χ0v) is 28.4. The number of fused-ring (bicyclic) bond motifs is 1. The smallest absolute Gasteiger partial charge is 0.216 e. The number of ether oxygens (including phenoxy) is 2. The van der Waals surface area contributed by atoms with Crippen molar-refractivity contribution in [3.63, 3.8) is 0 Å². The van der Waals surface area contributed by atoms with E-state index in [-0.39, 0.29) is 38.3 Å². The Morgan fingerprint density at radius 2 is 1.67 bits per heavy atom.